The highest BCUT2D eigenvalue weighted by atomic mass is 35.5. The first kappa shape index (κ1) is 18.9. The molecule has 1 amide bonds. The lowest BCUT2D eigenvalue weighted by Crippen LogP contribution is -2.09. The number of carbonyl (C=O) groups excluding carboxylic acids is 1. The Morgan fingerprint density at radius 2 is 2.04 bits per heavy atom. The van der Waals surface area contributed by atoms with Gasteiger partial charge in [0.2, 0.25) is 0 Å². The third kappa shape index (κ3) is 5.06. The quantitative estimate of drug-likeness (QED) is 0.478. The van der Waals surface area contributed by atoms with Crippen LogP contribution in [0.5, 0.6) is 0 Å². The molecule has 0 aliphatic carbocycles. The smallest absolute Gasteiger partial charge is 0.267 e. The maximum atomic E-state index is 12.3. The zero-order chi connectivity index (χ0) is 18.4. The number of nitrogens with one attached hydrogen (secondary N) is 2. The number of aryl methyl sites for hydroxylation is 1. The lowest BCUT2D eigenvalue weighted by molar-refractivity contribution is 0.103. The van der Waals surface area contributed by atoms with Gasteiger partial charge < -0.3 is 5.32 Å². The van der Waals surface area contributed by atoms with Crippen molar-refractivity contribution in [1.29, 1.82) is 0 Å². The number of para-hydroxylation sites is 1. The number of carbonyl (C=O) groups is 1. The predicted octanol–water partition coefficient (Wildman–Crippen LogP) is 6.07. The van der Waals surface area contributed by atoms with Crippen LogP contribution in [0.2, 0.25) is 4.34 Å². The molecule has 2 N–H and O–H groups in total. The standard InChI is InChI=1S/C19H20ClN3OS2/c1-2-3-6-13-7-4-5-8-15(13)21-11-14-9-10-16(25-14)18(24)23-19-22-12-17(20)26-19/h4-5,7-10,12,21H,2-3,6,11H2,1H3,(H,22,23,24). The molecule has 7 heteroatoms. The molecule has 0 unspecified atom stereocenters. The lowest BCUT2D eigenvalue weighted by atomic mass is 10.1. The van der Waals surface area contributed by atoms with E-state index in [2.05, 4.69) is 40.7 Å². The summed E-state index contributed by atoms with van der Waals surface area (Å²) in [7, 11) is 0. The zero-order valence-corrected chi connectivity index (χ0v) is 16.8. The SMILES string of the molecule is CCCCc1ccccc1NCc1ccc(C(=O)Nc2ncc(Cl)s2)s1. The van der Waals surface area contributed by atoms with Crippen molar-refractivity contribution in [1.82, 2.24) is 4.98 Å². The van der Waals surface area contributed by atoms with E-state index in [9.17, 15) is 4.79 Å². The maximum absolute atomic E-state index is 12.3. The minimum Gasteiger partial charge on any atom is -0.380 e. The number of thiophene rings is 1. The topological polar surface area (TPSA) is 54.0 Å². The van der Waals surface area contributed by atoms with Crippen molar-refractivity contribution >= 4 is 51.0 Å². The first-order valence-corrected chi connectivity index (χ1v) is 10.5. The number of rotatable bonds is 8. The number of aromatic nitrogens is 1. The van der Waals surface area contributed by atoms with Gasteiger partial charge >= 0.3 is 0 Å². The van der Waals surface area contributed by atoms with Gasteiger partial charge in [0.25, 0.3) is 5.91 Å². The van der Waals surface area contributed by atoms with Crippen LogP contribution in [0.1, 0.15) is 39.9 Å². The number of unbranched alkanes of at least 4 members (excludes halogenated alkanes) is 1. The molecule has 0 bridgehead atoms. The number of hydrogen-bond acceptors (Lipinski definition) is 5. The van der Waals surface area contributed by atoms with Gasteiger partial charge in [-0.2, -0.15) is 0 Å². The van der Waals surface area contributed by atoms with Crippen LogP contribution < -0.4 is 10.6 Å². The molecule has 4 nitrogen and oxygen atoms in total. The fraction of sp³-hybridized carbons (Fsp3) is 0.263. The van der Waals surface area contributed by atoms with Crippen molar-refractivity contribution in [3.05, 3.63) is 62.2 Å². The fourth-order valence-electron chi connectivity index (χ4n) is 2.53. The van der Waals surface area contributed by atoms with Crippen molar-refractivity contribution in [2.24, 2.45) is 0 Å². The van der Waals surface area contributed by atoms with Gasteiger partial charge in [-0.3, -0.25) is 10.1 Å². The number of halogens is 1. The van der Waals surface area contributed by atoms with Gasteiger partial charge in [0.1, 0.15) is 4.34 Å². The van der Waals surface area contributed by atoms with E-state index in [0.29, 0.717) is 20.9 Å². The molecule has 0 aliphatic heterocycles. The molecule has 0 atom stereocenters. The third-order valence-electron chi connectivity index (χ3n) is 3.85. The summed E-state index contributed by atoms with van der Waals surface area (Å²) in [4.78, 5) is 18.1. The molecule has 2 aromatic heterocycles. The molecule has 136 valence electrons. The Morgan fingerprint density at radius 3 is 2.81 bits per heavy atom. The second kappa shape index (κ2) is 9.16. The van der Waals surface area contributed by atoms with E-state index in [4.69, 9.17) is 11.6 Å². The van der Waals surface area contributed by atoms with Gasteiger partial charge in [-0.25, -0.2) is 4.98 Å². The van der Waals surface area contributed by atoms with Crippen LogP contribution in [0, 0.1) is 0 Å². The molecule has 0 spiro atoms. The van der Waals surface area contributed by atoms with Gasteiger partial charge in [-0.15, -0.1) is 11.3 Å². The number of benzene rings is 1. The van der Waals surface area contributed by atoms with Gasteiger partial charge in [0.15, 0.2) is 5.13 Å². The van der Waals surface area contributed by atoms with Crippen LogP contribution in [0.4, 0.5) is 10.8 Å². The van der Waals surface area contributed by atoms with E-state index in [1.54, 1.807) is 0 Å². The molecule has 2 heterocycles. The van der Waals surface area contributed by atoms with Crippen molar-refractivity contribution in [3.8, 4) is 0 Å². The van der Waals surface area contributed by atoms with E-state index < -0.39 is 0 Å². The van der Waals surface area contributed by atoms with Crippen LogP contribution in [0.3, 0.4) is 0 Å². The number of amides is 1. The summed E-state index contributed by atoms with van der Waals surface area (Å²) in [6, 6.07) is 12.2. The second-order valence-electron chi connectivity index (χ2n) is 5.80. The Labute approximate surface area is 166 Å². The number of hydrogen-bond donors (Lipinski definition) is 2. The second-order valence-corrected chi connectivity index (χ2v) is 8.63. The van der Waals surface area contributed by atoms with Crippen LogP contribution in [-0.4, -0.2) is 10.9 Å². The maximum Gasteiger partial charge on any atom is 0.267 e. The monoisotopic (exact) mass is 405 g/mol. The van der Waals surface area contributed by atoms with E-state index >= 15 is 0 Å². The molecule has 3 rings (SSSR count). The van der Waals surface area contributed by atoms with Crippen molar-refractivity contribution < 1.29 is 4.79 Å². The fourth-order valence-corrected chi connectivity index (χ4v) is 4.18. The summed E-state index contributed by atoms with van der Waals surface area (Å²) in [6.45, 7) is 2.90. The van der Waals surface area contributed by atoms with Crippen molar-refractivity contribution in [2.45, 2.75) is 32.7 Å². The molecule has 0 saturated heterocycles. The number of thiazole rings is 1. The summed E-state index contributed by atoms with van der Waals surface area (Å²) < 4.78 is 0.554. The van der Waals surface area contributed by atoms with Gasteiger partial charge in [-0.05, 0) is 36.6 Å². The predicted molar refractivity (Wildman–Crippen MR) is 112 cm³/mol. The first-order chi connectivity index (χ1) is 12.7. The van der Waals surface area contributed by atoms with Crippen molar-refractivity contribution in [3.63, 3.8) is 0 Å². The Hall–Kier alpha value is -1.89. The summed E-state index contributed by atoms with van der Waals surface area (Å²) in [5, 5.41) is 6.78. The van der Waals surface area contributed by atoms with Crippen LogP contribution in [0.15, 0.2) is 42.6 Å². The normalized spacial score (nSPS) is 10.7. The Kier molecular flexibility index (Phi) is 6.66. The summed E-state index contributed by atoms with van der Waals surface area (Å²) in [6.07, 6.45) is 4.97. The van der Waals surface area contributed by atoms with Crippen molar-refractivity contribution in [2.75, 3.05) is 10.6 Å². The highest BCUT2D eigenvalue weighted by molar-refractivity contribution is 7.19. The van der Waals surface area contributed by atoms with E-state index in [1.165, 1.54) is 47.3 Å². The largest absolute Gasteiger partial charge is 0.380 e. The molecular formula is C19H20ClN3OS2. The van der Waals surface area contributed by atoms with Gasteiger partial charge in [-0.1, -0.05) is 54.5 Å². The highest BCUT2D eigenvalue weighted by Crippen LogP contribution is 2.25. The number of anilines is 2. The molecule has 0 radical (unpaired) electrons. The van der Waals surface area contributed by atoms with Crippen LogP contribution in [-0.2, 0) is 13.0 Å². The summed E-state index contributed by atoms with van der Waals surface area (Å²) in [5.41, 5.74) is 2.50. The average molecular weight is 406 g/mol. The minimum absolute atomic E-state index is 0.157. The molecule has 0 fully saturated rings. The Morgan fingerprint density at radius 1 is 1.19 bits per heavy atom. The minimum atomic E-state index is -0.157. The summed E-state index contributed by atoms with van der Waals surface area (Å²) >= 11 is 8.56. The number of nitrogens with zero attached hydrogens (tertiary/aromatic N) is 1. The summed E-state index contributed by atoms with van der Waals surface area (Å²) in [5.74, 6) is -0.157. The van der Waals surface area contributed by atoms with Crippen LogP contribution in [0.25, 0.3) is 0 Å². The molecule has 0 saturated carbocycles. The van der Waals surface area contributed by atoms with Gasteiger partial charge in [0, 0.05) is 17.1 Å². The highest BCUT2D eigenvalue weighted by Gasteiger charge is 2.12. The van der Waals surface area contributed by atoms with E-state index in [-0.39, 0.29) is 5.91 Å². The molecule has 3 aromatic rings. The van der Waals surface area contributed by atoms with E-state index in [1.807, 2.05) is 18.2 Å². The Bertz CT molecular complexity index is 875. The lowest BCUT2D eigenvalue weighted by Gasteiger charge is -2.11. The molecule has 1 aromatic carbocycles. The third-order valence-corrected chi connectivity index (χ3v) is 5.97. The first-order valence-electron chi connectivity index (χ1n) is 8.49. The molecule has 0 aliphatic rings. The van der Waals surface area contributed by atoms with E-state index in [0.717, 1.165) is 17.0 Å². The average Bonchev–Trinajstić information content (AvgIpc) is 3.28. The Balaban J connectivity index is 1.59. The molecular weight excluding hydrogens is 386 g/mol. The van der Waals surface area contributed by atoms with Gasteiger partial charge in [0.05, 0.1) is 11.1 Å². The molecule has 26 heavy (non-hydrogen) atoms. The zero-order valence-electron chi connectivity index (χ0n) is 14.4. The van der Waals surface area contributed by atoms with Crippen LogP contribution >= 0.6 is 34.3 Å².